The van der Waals surface area contributed by atoms with Gasteiger partial charge in [-0.25, -0.2) is 4.79 Å². The number of likely N-dealkylation sites (N-methyl/N-ethyl adjacent to an activating group) is 1. The van der Waals surface area contributed by atoms with Gasteiger partial charge in [0.1, 0.15) is 6.54 Å². The number of nitrogens with two attached hydrogens (primary N) is 1. The zero-order valence-electron chi connectivity index (χ0n) is 12.2. The van der Waals surface area contributed by atoms with Crippen molar-refractivity contribution >= 4 is 5.91 Å². The topological polar surface area (TPSA) is 93.6 Å². The maximum atomic E-state index is 12.2. The molecule has 0 aromatic carbocycles. The Labute approximate surface area is 122 Å². The second-order valence-electron chi connectivity index (χ2n) is 5.19. The average Bonchev–Trinajstić information content (AvgIpc) is 2.47. The highest BCUT2D eigenvalue weighted by molar-refractivity contribution is 5.76. The zero-order chi connectivity index (χ0) is 15.4. The molecule has 0 atom stereocenters. The monoisotopic (exact) mass is 295 g/mol. The molecule has 8 heteroatoms. The average molecular weight is 295 g/mol. The Morgan fingerprint density at radius 3 is 2.52 bits per heavy atom. The number of aromatic nitrogens is 2. The van der Waals surface area contributed by atoms with Gasteiger partial charge in [0.2, 0.25) is 5.91 Å². The van der Waals surface area contributed by atoms with E-state index in [4.69, 9.17) is 5.73 Å². The minimum absolute atomic E-state index is 0.0482. The molecule has 0 spiro atoms. The van der Waals surface area contributed by atoms with E-state index in [-0.39, 0.29) is 25.5 Å². The van der Waals surface area contributed by atoms with Crippen LogP contribution in [0.25, 0.3) is 0 Å². The molecule has 1 aromatic heterocycles. The maximum absolute atomic E-state index is 12.2. The maximum Gasteiger partial charge on any atom is 0.331 e. The molecular weight excluding hydrogens is 274 g/mol. The summed E-state index contributed by atoms with van der Waals surface area (Å²) in [4.78, 5) is 39.8. The predicted octanol–water partition coefficient (Wildman–Crippen LogP) is -2.26. The number of carbonyl (C=O) groups is 1. The highest BCUT2D eigenvalue weighted by Crippen LogP contribution is 2.00. The first-order valence-corrected chi connectivity index (χ1v) is 6.99. The van der Waals surface area contributed by atoms with Crippen molar-refractivity contribution in [2.45, 2.75) is 13.1 Å². The van der Waals surface area contributed by atoms with Crippen LogP contribution in [0.5, 0.6) is 0 Å². The fourth-order valence-electron chi connectivity index (χ4n) is 2.31. The van der Waals surface area contributed by atoms with Crippen LogP contribution in [0, 0.1) is 0 Å². The zero-order valence-corrected chi connectivity index (χ0v) is 12.2. The van der Waals surface area contributed by atoms with E-state index in [1.165, 1.54) is 16.8 Å². The van der Waals surface area contributed by atoms with Gasteiger partial charge >= 0.3 is 5.69 Å². The fourth-order valence-corrected chi connectivity index (χ4v) is 2.31. The lowest BCUT2D eigenvalue weighted by atomic mass is 10.3. The van der Waals surface area contributed by atoms with Crippen molar-refractivity contribution in [3.8, 4) is 0 Å². The summed E-state index contributed by atoms with van der Waals surface area (Å²) in [5.74, 6) is -0.108. The molecule has 1 fully saturated rings. The molecule has 1 saturated heterocycles. The van der Waals surface area contributed by atoms with Crippen LogP contribution in [-0.4, -0.2) is 64.6 Å². The van der Waals surface area contributed by atoms with E-state index >= 15 is 0 Å². The van der Waals surface area contributed by atoms with Crippen LogP contribution < -0.4 is 17.0 Å². The van der Waals surface area contributed by atoms with Gasteiger partial charge in [0.05, 0.1) is 0 Å². The molecule has 2 N–H and O–H groups in total. The summed E-state index contributed by atoms with van der Waals surface area (Å²) in [5.41, 5.74) is 4.51. The minimum atomic E-state index is -0.490. The van der Waals surface area contributed by atoms with Gasteiger partial charge < -0.3 is 15.5 Å². The van der Waals surface area contributed by atoms with Gasteiger partial charge in [0.15, 0.2) is 0 Å². The Hall–Kier alpha value is -1.93. The molecular formula is C13H21N5O3. The molecule has 0 radical (unpaired) electrons. The number of rotatable bonds is 4. The minimum Gasteiger partial charge on any atom is -0.339 e. The van der Waals surface area contributed by atoms with E-state index in [1.54, 1.807) is 4.90 Å². The Balaban J connectivity index is 2.13. The first-order chi connectivity index (χ1) is 10.0. The number of carbonyl (C=O) groups excluding carboxylic acids is 1. The molecule has 0 bridgehead atoms. The number of hydrogen-bond donors (Lipinski definition) is 1. The van der Waals surface area contributed by atoms with Crippen molar-refractivity contribution < 1.29 is 4.79 Å². The molecule has 116 valence electrons. The molecule has 1 aliphatic heterocycles. The summed E-state index contributed by atoms with van der Waals surface area (Å²) in [6.45, 7) is 3.28. The predicted molar refractivity (Wildman–Crippen MR) is 78.1 cm³/mol. The first kappa shape index (κ1) is 15.5. The van der Waals surface area contributed by atoms with Crippen molar-refractivity contribution in [3.63, 3.8) is 0 Å². The summed E-state index contributed by atoms with van der Waals surface area (Å²) in [7, 11) is 2.01. The van der Waals surface area contributed by atoms with E-state index in [1.807, 2.05) is 7.05 Å². The molecule has 0 saturated carbocycles. The van der Waals surface area contributed by atoms with Gasteiger partial charge in [-0.05, 0) is 7.05 Å². The number of hydrogen-bond acceptors (Lipinski definition) is 5. The normalized spacial score (nSPS) is 16.2. The molecule has 21 heavy (non-hydrogen) atoms. The van der Waals surface area contributed by atoms with Gasteiger partial charge in [0, 0.05) is 51.5 Å². The van der Waals surface area contributed by atoms with E-state index < -0.39 is 11.2 Å². The van der Waals surface area contributed by atoms with E-state index in [9.17, 15) is 14.4 Å². The third-order valence-electron chi connectivity index (χ3n) is 3.65. The number of piperazine rings is 1. The van der Waals surface area contributed by atoms with Gasteiger partial charge in [-0.15, -0.1) is 0 Å². The molecule has 2 heterocycles. The fraction of sp³-hybridized carbons (Fsp3) is 0.615. The van der Waals surface area contributed by atoms with Crippen LogP contribution in [0.2, 0.25) is 0 Å². The molecule has 1 amide bonds. The van der Waals surface area contributed by atoms with Crippen LogP contribution in [0.4, 0.5) is 0 Å². The van der Waals surface area contributed by atoms with Crippen molar-refractivity contribution in [2.24, 2.45) is 5.73 Å². The summed E-state index contributed by atoms with van der Waals surface area (Å²) < 4.78 is 2.31. The third kappa shape index (κ3) is 3.59. The summed E-state index contributed by atoms with van der Waals surface area (Å²) in [5, 5.41) is 0. The Morgan fingerprint density at radius 2 is 1.90 bits per heavy atom. The third-order valence-corrected chi connectivity index (χ3v) is 3.65. The lowest BCUT2D eigenvalue weighted by Gasteiger charge is -2.32. The van der Waals surface area contributed by atoms with E-state index in [0.29, 0.717) is 13.1 Å². The van der Waals surface area contributed by atoms with Crippen molar-refractivity contribution in [2.75, 3.05) is 39.8 Å². The summed E-state index contributed by atoms with van der Waals surface area (Å²) >= 11 is 0. The Bertz CT molecular complexity index is 613. The van der Waals surface area contributed by atoms with Crippen molar-refractivity contribution in [1.29, 1.82) is 0 Å². The molecule has 8 nitrogen and oxygen atoms in total. The summed E-state index contributed by atoms with van der Waals surface area (Å²) in [6, 6.07) is 1.29. The smallest absolute Gasteiger partial charge is 0.331 e. The lowest BCUT2D eigenvalue weighted by molar-refractivity contribution is -0.133. The van der Waals surface area contributed by atoms with Gasteiger partial charge in [-0.3, -0.25) is 18.7 Å². The summed E-state index contributed by atoms with van der Waals surface area (Å²) in [6.07, 6.45) is 1.37. The largest absolute Gasteiger partial charge is 0.339 e. The van der Waals surface area contributed by atoms with Crippen LogP contribution in [-0.2, 0) is 17.9 Å². The lowest BCUT2D eigenvalue weighted by Crippen LogP contribution is -2.49. The number of amides is 1. The van der Waals surface area contributed by atoms with Crippen LogP contribution in [0.15, 0.2) is 21.9 Å². The molecule has 0 aliphatic carbocycles. The standard InChI is InChI=1S/C13H21N5O3/c1-15-6-8-16(9-7-15)12(20)10-17-4-2-11(19)18(5-3-14)13(17)21/h2,4H,3,5-10,14H2,1H3. The molecule has 1 aliphatic rings. The second kappa shape index (κ2) is 6.68. The van der Waals surface area contributed by atoms with E-state index in [2.05, 4.69) is 4.90 Å². The van der Waals surface area contributed by atoms with Gasteiger partial charge in [-0.1, -0.05) is 0 Å². The first-order valence-electron chi connectivity index (χ1n) is 6.99. The van der Waals surface area contributed by atoms with Gasteiger partial charge in [-0.2, -0.15) is 0 Å². The Kier molecular flexibility index (Phi) is 4.92. The van der Waals surface area contributed by atoms with Crippen molar-refractivity contribution in [3.05, 3.63) is 33.1 Å². The molecule has 2 rings (SSSR count). The van der Waals surface area contributed by atoms with Crippen LogP contribution in [0.3, 0.4) is 0 Å². The van der Waals surface area contributed by atoms with Crippen LogP contribution >= 0.6 is 0 Å². The highest BCUT2D eigenvalue weighted by atomic mass is 16.2. The number of nitrogens with zero attached hydrogens (tertiary/aromatic N) is 4. The van der Waals surface area contributed by atoms with Gasteiger partial charge in [0.25, 0.3) is 5.56 Å². The Morgan fingerprint density at radius 1 is 1.24 bits per heavy atom. The van der Waals surface area contributed by atoms with E-state index in [0.717, 1.165) is 17.7 Å². The molecule has 1 aromatic rings. The van der Waals surface area contributed by atoms with Crippen LogP contribution in [0.1, 0.15) is 0 Å². The SMILES string of the molecule is CN1CCN(C(=O)Cn2ccc(=O)n(CCN)c2=O)CC1. The quantitative estimate of drug-likeness (QED) is 0.677. The second-order valence-corrected chi connectivity index (χ2v) is 5.19. The molecule has 0 unspecified atom stereocenters. The highest BCUT2D eigenvalue weighted by Gasteiger charge is 2.19. The van der Waals surface area contributed by atoms with Crippen molar-refractivity contribution in [1.82, 2.24) is 18.9 Å².